The van der Waals surface area contributed by atoms with Crippen LogP contribution in [-0.4, -0.2) is 70.1 Å². The predicted molar refractivity (Wildman–Crippen MR) is 151 cm³/mol. The van der Waals surface area contributed by atoms with Crippen LogP contribution in [0.1, 0.15) is 64.3 Å². The number of rotatable bonds is 10. The van der Waals surface area contributed by atoms with Crippen molar-refractivity contribution in [2.75, 3.05) is 13.2 Å². The van der Waals surface area contributed by atoms with Crippen LogP contribution in [0.2, 0.25) is 0 Å². The fourth-order valence-corrected chi connectivity index (χ4v) is 5.47. The van der Waals surface area contributed by atoms with Crippen molar-refractivity contribution in [2.45, 2.75) is 78.1 Å². The number of carbonyl (C=O) groups excluding carboxylic acids is 4. The van der Waals surface area contributed by atoms with Gasteiger partial charge in [-0.25, -0.2) is 9.78 Å². The number of β-amino-alcohol motifs (C(OH)–C–C–N with tert-alkyl or cyclic N) is 1. The molecule has 1 aromatic heterocycles. The van der Waals surface area contributed by atoms with Crippen LogP contribution < -0.4 is 16.4 Å². The number of carbonyl (C=O) groups is 4. The molecule has 0 bridgehead atoms. The molecule has 5 N–H and O–H groups in total. The van der Waals surface area contributed by atoms with E-state index in [2.05, 4.69) is 20.4 Å². The van der Waals surface area contributed by atoms with Crippen LogP contribution in [0, 0.1) is 12.3 Å². The third kappa shape index (κ3) is 8.01. The van der Waals surface area contributed by atoms with Gasteiger partial charge in [-0.05, 0) is 36.8 Å². The van der Waals surface area contributed by atoms with Crippen LogP contribution in [0.5, 0.6) is 0 Å². The lowest BCUT2D eigenvalue weighted by Gasteiger charge is -2.35. The highest BCUT2D eigenvalue weighted by Gasteiger charge is 2.44. The van der Waals surface area contributed by atoms with Gasteiger partial charge < -0.3 is 31.1 Å². The van der Waals surface area contributed by atoms with Gasteiger partial charge in [0, 0.05) is 19.4 Å². The molecule has 0 radical (unpaired) electrons. The number of nitrogens with two attached hydrogens (primary N) is 1. The first-order valence-corrected chi connectivity index (χ1v) is 14.2. The Hall–Kier alpha value is -3.51. The van der Waals surface area contributed by atoms with E-state index in [-0.39, 0.29) is 44.4 Å². The highest BCUT2D eigenvalue weighted by molar-refractivity contribution is 7.13. The van der Waals surface area contributed by atoms with Crippen molar-refractivity contribution >= 4 is 35.2 Å². The minimum atomic E-state index is -0.933. The van der Waals surface area contributed by atoms with E-state index in [1.165, 1.54) is 4.90 Å². The molecular formula is C28H39N5O6S. The van der Waals surface area contributed by atoms with Crippen LogP contribution in [0.4, 0.5) is 4.79 Å². The molecule has 1 aromatic carbocycles. The molecular weight excluding hydrogens is 534 g/mol. The molecule has 0 unspecified atom stereocenters. The highest BCUT2D eigenvalue weighted by atomic mass is 32.1. The summed E-state index contributed by atoms with van der Waals surface area (Å²) < 4.78 is 4.65. The Morgan fingerprint density at radius 1 is 1.20 bits per heavy atom. The number of aliphatic hydroxyl groups is 1. The molecule has 0 spiro atoms. The van der Waals surface area contributed by atoms with Gasteiger partial charge in [-0.2, -0.15) is 0 Å². The zero-order valence-corrected chi connectivity index (χ0v) is 24.4. The number of nitrogens with zero attached hydrogens (tertiary/aromatic N) is 2. The summed E-state index contributed by atoms with van der Waals surface area (Å²) in [5, 5.41) is 16.1. The minimum Gasteiger partial charge on any atom is -0.450 e. The Morgan fingerprint density at radius 3 is 2.45 bits per heavy atom. The van der Waals surface area contributed by atoms with Crippen LogP contribution in [0.25, 0.3) is 10.4 Å². The lowest BCUT2D eigenvalue weighted by atomic mass is 9.85. The second-order valence-electron chi connectivity index (χ2n) is 11.2. The van der Waals surface area contributed by atoms with Crippen LogP contribution in [-0.2, 0) is 19.1 Å². The summed E-state index contributed by atoms with van der Waals surface area (Å²) in [7, 11) is 0. The molecule has 1 aliphatic heterocycles. The normalized spacial score (nSPS) is 18.6. The van der Waals surface area contributed by atoms with E-state index in [0.717, 1.165) is 21.7 Å². The van der Waals surface area contributed by atoms with Crippen molar-refractivity contribution < 1.29 is 29.0 Å². The zero-order valence-electron chi connectivity index (χ0n) is 23.6. The zero-order chi connectivity index (χ0) is 29.6. The van der Waals surface area contributed by atoms with Gasteiger partial charge in [0.25, 0.3) is 0 Å². The predicted octanol–water partition coefficient (Wildman–Crippen LogP) is 2.66. The summed E-state index contributed by atoms with van der Waals surface area (Å²) in [4.78, 5) is 57.1. The fourth-order valence-electron chi connectivity index (χ4n) is 4.65. The molecule has 1 aliphatic rings. The summed E-state index contributed by atoms with van der Waals surface area (Å²) in [6.45, 7) is 9.24. The number of amides is 4. The number of hydrogen-bond acceptors (Lipinski definition) is 8. The van der Waals surface area contributed by atoms with Gasteiger partial charge in [-0.1, -0.05) is 45.0 Å². The van der Waals surface area contributed by atoms with Gasteiger partial charge in [-0.15, -0.1) is 11.3 Å². The van der Waals surface area contributed by atoms with Gasteiger partial charge >= 0.3 is 6.09 Å². The van der Waals surface area contributed by atoms with Crippen LogP contribution in [0.15, 0.2) is 29.8 Å². The molecule has 0 aliphatic carbocycles. The van der Waals surface area contributed by atoms with Crippen LogP contribution >= 0.6 is 11.3 Å². The molecule has 3 rings (SSSR count). The summed E-state index contributed by atoms with van der Waals surface area (Å²) in [5.41, 5.74) is 8.98. The number of thiazole rings is 1. The second-order valence-corrected chi connectivity index (χ2v) is 12.0. The number of nitrogens with one attached hydrogen (secondary N) is 2. The smallest absolute Gasteiger partial charge is 0.404 e. The van der Waals surface area contributed by atoms with Gasteiger partial charge in [0.2, 0.25) is 17.7 Å². The number of benzene rings is 1. The van der Waals surface area contributed by atoms with Crippen molar-refractivity contribution in [3.05, 3.63) is 41.0 Å². The Kier molecular flexibility index (Phi) is 10.3. The first-order chi connectivity index (χ1) is 18.8. The van der Waals surface area contributed by atoms with E-state index in [1.54, 1.807) is 11.3 Å². The van der Waals surface area contributed by atoms with Gasteiger partial charge in [-0.3, -0.25) is 14.4 Å². The first kappa shape index (κ1) is 31.0. The first-order valence-electron chi connectivity index (χ1n) is 13.3. The Labute approximate surface area is 238 Å². The number of aromatic nitrogens is 1. The summed E-state index contributed by atoms with van der Waals surface area (Å²) >= 11 is 1.57. The van der Waals surface area contributed by atoms with E-state index in [4.69, 9.17) is 5.73 Å². The largest absolute Gasteiger partial charge is 0.450 e. The highest BCUT2D eigenvalue weighted by Crippen LogP contribution is 2.29. The Bertz CT molecular complexity index is 1210. The Balaban J connectivity index is 1.67. The average molecular weight is 574 g/mol. The maximum absolute atomic E-state index is 13.7. The number of primary amides is 1. The van der Waals surface area contributed by atoms with Gasteiger partial charge in [0.1, 0.15) is 12.1 Å². The molecule has 1 fully saturated rings. The molecule has 4 atom stereocenters. The van der Waals surface area contributed by atoms with Crippen molar-refractivity contribution in [2.24, 2.45) is 11.1 Å². The molecule has 40 heavy (non-hydrogen) atoms. The number of ether oxygens (including phenoxy) is 1. The van der Waals surface area contributed by atoms with E-state index in [9.17, 15) is 24.3 Å². The average Bonchev–Trinajstić information content (AvgIpc) is 3.49. The standard InChI is InChI=1S/C28H39N5O6S/c1-16(18-8-10-19(11-9-18)23-17(2)30-15-40-23)31-25(36)21-13-20(34)14-33(21)26(37)24(28(3,4)5)32-22(35)7-6-12-39-27(29)38/h8-11,15-16,20-21,24,34H,6-7,12-14H2,1-5H3,(H2,29,38)(H,31,36)(H,32,35)/t16-,20+,21-,24+/m0/s1. The molecule has 4 amide bonds. The topological polar surface area (TPSA) is 164 Å². The molecule has 1 saturated heterocycles. The monoisotopic (exact) mass is 573 g/mol. The van der Waals surface area contributed by atoms with Gasteiger partial charge in [0.15, 0.2) is 0 Å². The number of aliphatic hydroxyl groups excluding tert-OH is 1. The number of likely N-dealkylation sites (tertiary alicyclic amines) is 1. The SMILES string of the molecule is Cc1ncsc1-c1ccc([C@H](C)NC(=O)[C@@H]2C[C@@H](O)CN2C(=O)[C@@H](NC(=O)CCCOC(N)=O)C(C)(C)C)cc1. The molecule has 218 valence electrons. The lowest BCUT2D eigenvalue weighted by molar-refractivity contribution is -0.144. The summed E-state index contributed by atoms with van der Waals surface area (Å²) in [5.74, 6) is -1.21. The summed E-state index contributed by atoms with van der Waals surface area (Å²) in [6.07, 6.45) is -1.41. The maximum Gasteiger partial charge on any atom is 0.404 e. The van der Waals surface area contributed by atoms with E-state index < -0.39 is 41.5 Å². The third-order valence-corrected chi connectivity index (χ3v) is 7.83. The lowest BCUT2D eigenvalue weighted by Crippen LogP contribution is -2.57. The molecule has 2 heterocycles. The maximum atomic E-state index is 13.7. The number of hydrogen-bond donors (Lipinski definition) is 4. The van der Waals surface area contributed by atoms with Crippen LogP contribution in [0.3, 0.4) is 0 Å². The van der Waals surface area contributed by atoms with E-state index >= 15 is 0 Å². The van der Waals surface area contributed by atoms with Crippen molar-refractivity contribution in [3.8, 4) is 10.4 Å². The van der Waals surface area contributed by atoms with E-state index in [0.29, 0.717) is 0 Å². The summed E-state index contributed by atoms with van der Waals surface area (Å²) in [6, 6.07) is 5.73. The Morgan fingerprint density at radius 2 is 1.88 bits per heavy atom. The fraction of sp³-hybridized carbons (Fsp3) is 0.536. The number of aryl methyl sites for hydroxylation is 1. The quantitative estimate of drug-likeness (QED) is 0.317. The van der Waals surface area contributed by atoms with E-state index in [1.807, 2.05) is 64.4 Å². The third-order valence-electron chi connectivity index (χ3n) is 6.85. The molecule has 12 heteroatoms. The molecule has 2 aromatic rings. The minimum absolute atomic E-state index is 0.0107. The van der Waals surface area contributed by atoms with Crippen molar-refractivity contribution in [3.63, 3.8) is 0 Å². The van der Waals surface area contributed by atoms with Crippen molar-refractivity contribution in [1.29, 1.82) is 0 Å². The van der Waals surface area contributed by atoms with Crippen molar-refractivity contribution in [1.82, 2.24) is 20.5 Å². The second kappa shape index (κ2) is 13.2. The van der Waals surface area contributed by atoms with Gasteiger partial charge in [0.05, 0.1) is 34.8 Å². The molecule has 11 nitrogen and oxygen atoms in total. The molecule has 0 saturated carbocycles.